The number of halogens is 3. The van der Waals surface area contributed by atoms with E-state index < -0.39 is 23.4 Å². The maximum Gasteiger partial charge on any atom is 0.373 e. The lowest BCUT2D eigenvalue weighted by atomic mass is 10.1. The second-order valence-electron chi connectivity index (χ2n) is 3.32. The summed E-state index contributed by atoms with van der Waals surface area (Å²) in [5.74, 6) is -3.89. The van der Waals surface area contributed by atoms with Gasteiger partial charge in [0.25, 0.3) is 0 Å². The number of nitrogens with zero attached hydrogens (tertiary/aromatic N) is 2. The Morgan fingerprint density at radius 3 is 2.61 bits per heavy atom. The molecule has 0 unspecified atom stereocenters. The van der Waals surface area contributed by atoms with E-state index in [0.717, 1.165) is 18.3 Å². The Morgan fingerprint density at radius 1 is 1.28 bits per heavy atom. The molecule has 2 rings (SSSR count). The second-order valence-corrected chi connectivity index (χ2v) is 3.73. The number of hydrogen-bond donors (Lipinski definition) is 1. The number of carboxylic acid groups (broad SMARTS) is 1. The molecule has 18 heavy (non-hydrogen) atoms. The molecule has 1 N–H and O–H groups in total. The maximum absolute atomic E-state index is 13.1. The van der Waals surface area contributed by atoms with Crippen molar-refractivity contribution in [3.63, 3.8) is 0 Å². The van der Waals surface area contributed by atoms with Crippen LogP contribution in [0.5, 0.6) is 0 Å². The first kappa shape index (κ1) is 12.4. The van der Waals surface area contributed by atoms with E-state index in [0.29, 0.717) is 0 Å². The molecule has 0 aliphatic carbocycles. The summed E-state index contributed by atoms with van der Waals surface area (Å²) in [4.78, 5) is 17.9. The van der Waals surface area contributed by atoms with Crippen LogP contribution in [0.15, 0.2) is 24.4 Å². The number of hydrogen-bond acceptors (Lipinski definition) is 3. The SMILES string of the molecule is O=C(O)c1ncc(Cl)c(-c2ccc(F)c(F)c2)n1. The third-order valence-electron chi connectivity index (χ3n) is 2.13. The van der Waals surface area contributed by atoms with Crippen LogP contribution in [0.4, 0.5) is 8.78 Å². The van der Waals surface area contributed by atoms with Crippen molar-refractivity contribution in [2.75, 3.05) is 0 Å². The molecule has 0 amide bonds. The van der Waals surface area contributed by atoms with E-state index in [2.05, 4.69) is 9.97 Å². The molecule has 4 nitrogen and oxygen atoms in total. The molecule has 2 aromatic rings. The summed E-state index contributed by atoms with van der Waals surface area (Å²) in [6.45, 7) is 0. The molecule has 0 fully saturated rings. The van der Waals surface area contributed by atoms with E-state index in [9.17, 15) is 13.6 Å². The monoisotopic (exact) mass is 270 g/mol. The molecule has 0 spiro atoms. The van der Waals surface area contributed by atoms with Crippen LogP contribution >= 0.6 is 11.6 Å². The van der Waals surface area contributed by atoms with E-state index in [-0.39, 0.29) is 16.3 Å². The lowest BCUT2D eigenvalue weighted by Crippen LogP contribution is -2.05. The van der Waals surface area contributed by atoms with Gasteiger partial charge in [0.1, 0.15) is 0 Å². The third kappa shape index (κ3) is 2.28. The fourth-order valence-corrected chi connectivity index (χ4v) is 1.52. The van der Waals surface area contributed by atoms with Gasteiger partial charge in [-0.05, 0) is 18.2 Å². The molecule has 1 aromatic carbocycles. The predicted molar refractivity (Wildman–Crippen MR) is 59.4 cm³/mol. The van der Waals surface area contributed by atoms with Gasteiger partial charge < -0.3 is 5.11 Å². The molecule has 0 aliphatic rings. The topological polar surface area (TPSA) is 63.1 Å². The summed E-state index contributed by atoms with van der Waals surface area (Å²) < 4.78 is 25.9. The highest BCUT2D eigenvalue weighted by atomic mass is 35.5. The van der Waals surface area contributed by atoms with E-state index in [1.807, 2.05) is 0 Å². The Morgan fingerprint density at radius 2 is 2.00 bits per heavy atom. The minimum atomic E-state index is -1.34. The lowest BCUT2D eigenvalue weighted by Gasteiger charge is -2.04. The first-order valence-corrected chi connectivity index (χ1v) is 5.08. The first-order chi connectivity index (χ1) is 8.49. The van der Waals surface area contributed by atoms with Gasteiger partial charge in [0, 0.05) is 5.56 Å². The highest BCUT2D eigenvalue weighted by Crippen LogP contribution is 2.26. The molecule has 0 radical (unpaired) electrons. The molecule has 1 aromatic heterocycles. The second kappa shape index (κ2) is 4.66. The number of carboxylic acids is 1. The molecular weight excluding hydrogens is 266 g/mol. The van der Waals surface area contributed by atoms with Crippen molar-refractivity contribution in [3.8, 4) is 11.3 Å². The quantitative estimate of drug-likeness (QED) is 0.911. The fraction of sp³-hybridized carbons (Fsp3) is 0. The van der Waals surface area contributed by atoms with Gasteiger partial charge in [0.2, 0.25) is 5.82 Å². The number of carbonyl (C=O) groups is 1. The van der Waals surface area contributed by atoms with Crippen molar-refractivity contribution in [2.24, 2.45) is 0 Å². The van der Waals surface area contributed by atoms with Crippen LogP contribution in [-0.4, -0.2) is 21.0 Å². The van der Waals surface area contributed by atoms with Crippen LogP contribution in [0.3, 0.4) is 0 Å². The normalized spacial score (nSPS) is 10.4. The zero-order chi connectivity index (χ0) is 13.3. The predicted octanol–water partition coefficient (Wildman–Crippen LogP) is 2.77. The van der Waals surface area contributed by atoms with Crippen molar-refractivity contribution >= 4 is 17.6 Å². The van der Waals surface area contributed by atoms with E-state index in [1.165, 1.54) is 6.07 Å². The average molecular weight is 271 g/mol. The van der Waals surface area contributed by atoms with E-state index in [4.69, 9.17) is 16.7 Å². The summed E-state index contributed by atoms with van der Waals surface area (Å²) in [7, 11) is 0. The van der Waals surface area contributed by atoms with Gasteiger partial charge in [-0.25, -0.2) is 23.5 Å². The van der Waals surface area contributed by atoms with Gasteiger partial charge in [0.05, 0.1) is 16.9 Å². The molecule has 7 heteroatoms. The van der Waals surface area contributed by atoms with Crippen molar-refractivity contribution in [1.29, 1.82) is 0 Å². The van der Waals surface area contributed by atoms with Crippen molar-refractivity contribution in [3.05, 3.63) is 46.9 Å². The van der Waals surface area contributed by atoms with Crippen LogP contribution in [-0.2, 0) is 0 Å². The number of benzene rings is 1. The van der Waals surface area contributed by atoms with Crippen molar-refractivity contribution in [1.82, 2.24) is 9.97 Å². The summed E-state index contributed by atoms with van der Waals surface area (Å²) in [5, 5.41) is 8.79. The molecule has 92 valence electrons. The Hall–Kier alpha value is -2.08. The van der Waals surface area contributed by atoms with Crippen LogP contribution in [0.1, 0.15) is 10.6 Å². The summed E-state index contributed by atoms with van der Waals surface area (Å²) in [6, 6.07) is 3.04. The highest BCUT2D eigenvalue weighted by molar-refractivity contribution is 6.32. The minimum absolute atomic E-state index is 0.0305. The standard InChI is InChI=1S/C11H5ClF2N2O2/c12-6-4-15-10(11(17)18)16-9(6)5-1-2-7(13)8(14)3-5/h1-4H,(H,17,18). The largest absolute Gasteiger partial charge is 0.475 e. The van der Waals surface area contributed by atoms with Crippen molar-refractivity contribution in [2.45, 2.75) is 0 Å². The highest BCUT2D eigenvalue weighted by Gasteiger charge is 2.14. The van der Waals surface area contributed by atoms with Gasteiger partial charge in [-0.2, -0.15) is 0 Å². The molecule has 1 heterocycles. The van der Waals surface area contributed by atoms with E-state index in [1.54, 1.807) is 0 Å². The van der Waals surface area contributed by atoms with Crippen molar-refractivity contribution < 1.29 is 18.7 Å². The van der Waals surface area contributed by atoms with Crippen LogP contribution < -0.4 is 0 Å². The molecule has 0 saturated carbocycles. The lowest BCUT2D eigenvalue weighted by molar-refractivity contribution is 0.0683. The average Bonchev–Trinajstić information content (AvgIpc) is 2.33. The van der Waals surface area contributed by atoms with E-state index >= 15 is 0 Å². The van der Waals surface area contributed by atoms with Crippen LogP contribution in [0.25, 0.3) is 11.3 Å². The maximum atomic E-state index is 13.1. The van der Waals surface area contributed by atoms with Gasteiger partial charge in [-0.1, -0.05) is 11.6 Å². The first-order valence-electron chi connectivity index (χ1n) is 4.70. The smallest absolute Gasteiger partial charge is 0.373 e. The Kier molecular flexibility index (Phi) is 3.20. The number of aromatic carboxylic acids is 1. The Bertz CT molecular complexity index is 634. The molecule has 0 atom stereocenters. The zero-order valence-corrected chi connectivity index (χ0v) is 9.45. The van der Waals surface area contributed by atoms with Gasteiger partial charge in [-0.3, -0.25) is 0 Å². The molecular formula is C11H5ClF2N2O2. The number of aromatic nitrogens is 2. The Labute approximate surface area is 105 Å². The third-order valence-corrected chi connectivity index (χ3v) is 2.41. The summed E-state index contributed by atoms with van der Waals surface area (Å²) in [6.07, 6.45) is 1.09. The fourth-order valence-electron chi connectivity index (χ4n) is 1.32. The zero-order valence-electron chi connectivity index (χ0n) is 8.69. The number of rotatable bonds is 2. The molecule has 0 saturated heterocycles. The van der Waals surface area contributed by atoms with Crippen LogP contribution in [0.2, 0.25) is 5.02 Å². The Balaban J connectivity index is 2.58. The van der Waals surface area contributed by atoms with Gasteiger partial charge in [0.15, 0.2) is 11.6 Å². The molecule has 0 bridgehead atoms. The summed E-state index contributed by atoms with van der Waals surface area (Å²) >= 11 is 5.79. The minimum Gasteiger partial charge on any atom is -0.475 e. The molecule has 0 aliphatic heterocycles. The van der Waals surface area contributed by atoms with Gasteiger partial charge >= 0.3 is 5.97 Å². The van der Waals surface area contributed by atoms with Crippen LogP contribution in [0, 0.1) is 11.6 Å². The van der Waals surface area contributed by atoms with Gasteiger partial charge in [-0.15, -0.1) is 0 Å². The summed E-state index contributed by atoms with van der Waals surface area (Å²) in [5.41, 5.74) is 0.201.